The standard InChI is InChI=1S/C14H26N4O2S/c1-4-15-12-6-8-13(9-7-12)17-21(19,20)14-10-18(5-2)11(3)16-14/h10,12-13,15,17H,4-9H2,1-3H3. The summed E-state index contributed by atoms with van der Waals surface area (Å²) in [7, 11) is -3.50. The SMILES string of the molecule is CCNC1CCC(NS(=O)(=O)c2cn(CC)c(C)n2)CC1. The molecule has 0 saturated heterocycles. The fourth-order valence-corrected chi connectivity index (χ4v) is 4.23. The molecule has 120 valence electrons. The minimum absolute atomic E-state index is 0.0250. The number of hydrogen-bond donors (Lipinski definition) is 2. The molecule has 0 radical (unpaired) electrons. The van der Waals surface area contributed by atoms with E-state index < -0.39 is 10.0 Å². The number of imidazole rings is 1. The zero-order chi connectivity index (χ0) is 15.5. The Balaban J connectivity index is 1.98. The Kier molecular flexibility index (Phi) is 5.40. The summed E-state index contributed by atoms with van der Waals surface area (Å²) in [6.07, 6.45) is 5.41. The van der Waals surface area contributed by atoms with E-state index in [0.717, 1.165) is 44.6 Å². The predicted octanol–water partition coefficient (Wildman–Crippen LogP) is 1.41. The lowest BCUT2D eigenvalue weighted by atomic mass is 9.92. The van der Waals surface area contributed by atoms with Crippen molar-refractivity contribution in [3.05, 3.63) is 12.0 Å². The van der Waals surface area contributed by atoms with E-state index in [4.69, 9.17) is 0 Å². The normalized spacial score (nSPS) is 23.4. The molecule has 0 aliphatic heterocycles. The van der Waals surface area contributed by atoms with E-state index in [1.165, 1.54) is 0 Å². The molecule has 21 heavy (non-hydrogen) atoms. The third-order valence-electron chi connectivity index (χ3n) is 4.11. The average Bonchev–Trinajstić information content (AvgIpc) is 2.83. The largest absolute Gasteiger partial charge is 0.334 e. The summed E-state index contributed by atoms with van der Waals surface area (Å²) in [5.74, 6) is 0.730. The fraction of sp³-hybridized carbons (Fsp3) is 0.786. The van der Waals surface area contributed by atoms with Gasteiger partial charge in [-0.1, -0.05) is 6.92 Å². The lowest BCUT2D eigenvalue weighted by Crippen LogP contribution is -2.42. The van der Waals surface area contributed by atoms with Crippen molar-refractivity contribution in [3.63, 3.8) is 0 Å². The topological polar surface area (TPSA) is 76.0 Å². The highest BCUT2D eigenvalue weighted by molar-refractivity contribution is 7.89. The van der Waals surface area contributed by atoms with Crippen LogP contribution >= 0.6 is 0 Å². The number of aromatic nitrogens is 2. The molecule has 6 nitrogen and oxygen atoms in total. The number of nitrogens with one attached hydrogen (secondary N) is 2. The molecule has 7 heteroatoms. The molecule has 1 aliphatic carbocycles. The summed E-state index contributed by atoms with van der Waals surface area (Å²) in [6, 6.07) is 0.550. The van der Waals surface area contributed by atoms with Crippen molar-refractivity contribution in [3.8, 4) is 0 Å². The van der Waals surface area contributed by atoms with Gasteiger partial charge >= 0.3 is 0 Å². The molecular formula is C14H26N4O2S. The van der Waals surface area contributed by atoms with Crippen LogP contribution in [-0.2, 0) is 16.6 Å². The zero-order valence-electron chi connectivity index (χ0n) is 13.1. The van der Waals surface area contributed by atoms with E-state index >= 15 is 0 Å². The van der Waals surface area contributed by atoms with E-state index in [1.807, 2.05) is 18.4 Å². The lowest BCUT2D eigenvalue weighted by molar-refractivity contribution is 0.333. The van der Waals surface area contributed by atoms with Crippen molar-refractivity contribution in [2.45, 2.75) is 70.1 Å². The number of sulfonamides is 1. The van der Waals surface area contributed by atoms with Crippen molar-refractivity contribution in [1.82, 2.24) is 19.6 Å². The summed E-state index contributed by atoms with van der Waals surface area (Å²) in [5, 5.41) is 3.56. The summed E-state index contributed by atoms with van der Waals surface area (Å²) >= 11 is 0. The van der Waals surface area contributed by atoms with Gasteiger partial charge in [-0.25, -0.2) is 18.1 Å². The maximum Gasteiger partial charge on any atom is 0.259 e. The van der Waals surface area contributed by atoms with E-state index in [-0.39, 0.29) is 11.1 Å². The molecule has 1 heterocycles. The van der Waals surface area contributed by atoms with Crippen LogP contribution in [0, 0.1) is 6.92 Å². The summed E-state index contributed by atoms with van der Waals surface area (Å²) in [5.41, 5.74) is 0. The molecule has 0 amide bonds. The van der Waals surface area contributed by atoms with Crippen molar-refractivity contribution < 1.29 is 8.42 Å². The van der Waals surface area contributed by atoms with Gasteiger partial charge < -0.3 is 9.88 Å². The summed E-state index contributed by atoms with van der Waals surface area (Å²) in [4.78, 5) is 4.16. The number of rotatable bonds is 6. The molecule has 2 rings (SSSR count). The highest BCUT2D eigenvalue weighted by atomic mass is 32.2. The van der Waals surface area contributed by atoms with E-state index in [0.29, 0.717) is 6.04 Å². The van der Waals surface area contributed by atoms with Gasteiger partial charge in [0.2, 0.25) is 0 Å². The van der Waals surface area contributed by atoms with Crippen LogP contribution in [0.15, 0.2) is 11.2 Å². The Labute approximate surface area is 127 Å². The quantitative estimate of drug-likeness (QED) is 0.832. The van der Waals surface area contributed by atoms with E-state index in [1.54, 1.807) is 6.20 Å². The molecule has 1 aliphatic rings. The fourth-order valence-electron chi connectivity index (χ4n) is 2.91. The van der Waals surface area contributed by atoms with Gasteiger partial charge in [0.05, 0.1) is 0 Å². The Morgan fingerprint density at radius 2 is 1.86 bits per heavy atom. The van der Waals surface area contributed by atoms with E-state index in [2.05, 4.69) is 21.9 Å². The van der Waals surface area contributed by atoms with Crippen LogP contribution in [0.25, 0.3) is 0 Å². The van der Waals surface area contributed by atoms with Gasteiger partial charge in [0.25, 0.3) is 10.0 Å². The molecule has 2 N–H and O–H groups in total. The second kappa shape index (κ2) is 6.89. The third-order valence-corrected chi connectivity index (χ3v) is 5.50. The van der Waals surface area contributed by atoms with Crippen LogP contribution in [0.5, 0.6) is 0 Å². The van der Waals surface area contributed by atoms with Gasteiger partial charge in [0.1, 0.15) is 5.82 Å². The summed E-state index contributed by atoms with van der Waals surface area (Å²) in [6.45, 7) is 7.59. The van der Waals surface area contributed by atoms with Crippen molar-refractivity contribution in [2.75, 3.05) is 6.54 Å². The van der Waals surface area contributed by atoms with Gasteiger partial charge in [-0.15, -0.1) is 0 Å². The van der Waals surface area contributed by atoms with E-state index in [9.17, 15) is 8.42 Å². The van der Waals surface area contributed by atoms with Gasteiger partial charge in [-0.05, 0) is 46.1 Å². The van der Waals surface area contributed by atoms with Crippen LogP contribution in [-0.4, -0.2) is 36.6 Å². The Hall–Kier alpha value is -0.920. The van der Waals surface area contributed by atoms with Crippen molar-refractivity contribution in [1.29, 1.82) is 0 Å². The first-order valence-electron chi connectivity index (χ1n) is 7.75. The predicted molar refractivity (Wildman–Crippen MR) is 82.7 cm³/mol. The Morgan fingerprint density at radius 3 is 2.38 bits per heavy atom. The van der Waals surface area contributed by atoms with Crippen LogP contribution in [0.1, 0.15) is 45.4 Å². The average molecular weight is 314 g/mol. The first kappa shape index (κ1) is 16.5. The second-order valence-electron chi connectivity index (χ2n) is 5.64. The van der Waals surface area contributed by atoms with Gasteiger partial charge in [0.15, 0.2) is 5.03 Å². The first-order valence-corrected chi connectivity index (χ1v) is 9.24. The highest BCUT2D eigenvalue weighted by Gasteiger charge is 2.27. The van der Waals surface area contributed by atoms with Gasteiger partial charge in [0, 0.05) is 24.8 Å². The molecule has 1 aromatic rings. The molecule has 0 bridgehead atoms. The Bertz CT molecular complexity index is 560. The molecule has 0 aromatic carbocycles. The minimum atomic E-state index is -3.50. The molecule has 0 spiro atoms. The van der Waals surface area contributed by atoms with Crippen LogP contribution < -0.4 is 10.0 Å². The van der Waals surface area contributed by atoms with Crippen LogP contribution in [0.3, 0.4) is 0 Å². The second-order valence-corrected chi connectivity index (χ2v) is 7.30. The van der Waals surface area contributed by atoms with Gasteiger partial charge in [-0.2, -0.15) is 0 Å². The minimum Gasteiger partial charge on any atom is -0.334 e. The number of nitrogens with zero attached hydrogens (tertiary/aromatic N) is 2. The smallest absolute Gasteiger partial charge is 0.259 e. The number of aryl methyl sites for hydroxylation is 2. The molecule has 0 atom stereocenters. The third kappa shape index (κ3) is 4.05. The maximum absolute atomic E-state index is 12.4. The molecule has 1 fully saturated rings. The molecule has 1 saturated carbocycles. The first-order chi connectivity index (χ1) is 9.96. The molecule has 0 unspecified atom stereocenters. The lowest BCUT2D eigenvalue weighted by Gasteiger charge is -2.29. The van der Waals surface area contributed by atoms with Crippen LogP contribution in [0.4, 0.5) is 0 Å². The Morgan fingerprint density at radius 1 is 1.24 bits per heavy atom. The molecule has 1 aromatic heterocycles. The summed E-state index contributed by atoms with van der Waals surface area (Å²) < 4.78 is 29.4. The van der Waals surface area contributed by atoms with Crippen molar-refractivity contribution >= 4 is 10.0 Å². The monoisotopic (exact) mass is 314 g/mol. The maximum atomic E-state index is 12.4. The van der Waals surface area contributed by atoms with Crippen molar-refractivity contribution in [2.24, 2.45) is 0 Å². The van der Waals surface area contributed by atoms with Crippen LogP contribution in [0.2, 0.25) is 0 Å². The highest BCUT2D eigenvalue weighted by Crippen LogP contribution is 2.20. The number of hydrogen-bond acceptors (Lipinski definition) is 4. The zero-order valence-corrected chi connectivity index (χ0v) is 13.9. The van der Waals surface area contributed by atoms with Gasteiger partial charge in [-0.3, -0.25) is 0 Å². The molecular weight excluding hydrogens is 288 g/mol.